The molecule has 2 amide bonds. The van der Waals surface area contributed by atoms with Crippen LogP contribution in [0.4, 0.5) is 11.4 Å². The molecule has 0 heterocycles. The number of anilines is 2. The molecule has 0 unspecified atom stereocenters. The molecule has 5 nitrogen and oxygen atoms in total. The SMILES string of the molecule is Cc1cccc(N)c1NC(=O)CSCC(N)=O. The summed E-state index contributed by atoms with van der Waals surface area (Å²) in [5.41, 5.74) is 12.8. The number of para-hydroxylation sites is 1. The largest absolute Gasteiger partial charge is 0.397 e. The van der Waals surface area contributed by atoms with Crippen molar-refractivity contribution in [1.82, 2.24) is 0 Å². The zero-order valence-electron chi connectivity index (χ0n) is 9.53. The highest BCUT2D eigenvalue weighted by molar-refractivity contribution is 8.00. The van der Waals surface area contributed by atoms with Crippen LogP contribution in [0, 0.1) is 6.92 Å². The fourth-order valence-corrected chi connectivity index (χ4v) is 1.84. The molecule has 0 aliphatic heterocycles. The van der Waals surface area contributed by atoms with Gasteiger partial charge in [-0.2, -0.15) is 0 Å². The number of hydrogen-bond acceptors (Lipinski definition) is 4. The number of benzene rings is 1. The van der Waals surface area contributed by atoms with Crippen molar-refractivity contribution >= 4 is 35.0 Å². The number of hydrogen-bond donors (Lipinski definition) is 3. The number of carbonyl (C=O) groups is 2. The number of aryl methyl sites for hydroxylation is 1. The summed E-state index contributed by atoms with van der Waals surface area (Å²) in [6.45, 7) is 1.86. The van der Waals surface area contributed by atoms with Gasteiger partial charge in [-0.05, 0) is 18.6 Å². The second kappa shape index (κ2) is 6.15. The number of nitrogens with two attached hydrogens (primary N) is 2. The molecule has 0 saturated carbocycles. The third-order valence-electron chi connectivity index (χ3n) is 2.05. The van der Waals surface area contributed by atoms with E-state index < -0.39 is 5.91 Å². The Morgan fingerprint density at radius 3 is 2.65 bits per heavy atom. The van der Waals surface area contributed by atoms with Crippen molar-refractivity contribution in [2.24, 2.45) is 5.73 Å². The van der Waals surface area contributed by atoms with Gasteiger partial charge in [0.15, 0.2) is 0 Å². The molecule has 0 atom stereocenters. The van der Waals surface area contributed by atoms with Gasteiger partial charge in [-0.3, -0.25) is 9.59 Å². The highest BCUT2D eigenvalue weighted by Crippen LogP contribution is 2.22. The van der Waals surface area contributed by atoms with Gasteiger partial charge in [0, 0.05) is 0 Å². The van der Waals surface area contributed by atoms with Gasteiger partial charge in [-0.25, -0.2) is 0 Å². The molecule has 0 aromatic heterocycles. The lowest BCUT2D eigenvalue weighted by molar-refractivity contribution is -0.115. The van der Waals surface area contributed by atoms with E-state index in [1.54, 1.807) is 6.07 Å². The Kier molecular flexibility index (Phi) is 4.84. The fraction of sp³-hybridized carbons (Fsp3) is 0.273. The van der Waals surface area contributed by atoms with Gasteiger partial charge in [-0.1, -0.05) is 12.1 Å². The maximum Gasteiger partial charge on any atom is 0.234 e. The van der Waals surface area contributed by atoms with E-state index in [4.69, 9.17) is 11.5 Å². The number of carbonyl (C=O) groups excluding carboxylic acids is 2. The zero-order valence-corrected chi connectivity index (χ0v) is 10.3. The number of nitrogen functional groups attached to an aromatic ring is 1. The minimum Gasteiger partial charge on any atom is -0.397 e. The highest BCUT2D eigenvalue weighted by atomic mass is 32.2. The van der Waals surface area contributed by atoms with Crippen LogP contribution in [0.5, 0.6) is 0 Å². The second-order valence-corrected chi connectivity index (χ2v) is 4.53. The van der Waals surface area contributed by atoms with Gasteiger partial charge in [0.25, 0.3) is 0 Å². The van der Waals surface area contributed by atoms with E-state index in [0.717, 1.165) is 5.56 Å². The summed E-state index contributed by atoms with van der Waals surface area (Å²) in [5, 5.41) is 2.72. The molecule has 0 spiro atoms. The molecule has 1 rings (SSSR count). The van der Waals surface area contributed by atoms with Crippen LogP contribution in [0.25, 0.3) is 0 Å². The van der Waals surface area contributed by atoms with Crippen LogP contribution in [0.2, 0.25) is 0 Å². The number of thioether (sulfide) groups is 1. The summed E-state index contributed by atoms with van der Waals surface area (Å²) < 4.78 is 0. The number of amides is 2. The quantitative estimate of drug-likeness (QED) is 0.674. The van der Waals surface area contributed by atoms with Gasteiger partial charge < -0.3 is 16.8 Å². The highest BCUT2D eigenvalue weighted by Gasteiger charge is 2.08. The Morgan fingerprint density at radius 1 is 1.35 bits per heavy atom. The first-order chi connectivity index (χ1) is 8.00. The zero-order chi connectivity index (χ0) is 12.8. The predicted octanol–water partition coefficient (Wildman–Crippen LogP) is 0.734. The molecule has 92 valence electrons. The summed E-state index contributed by atoms with van der Waals surface area (Å²) >= 11 is 1.17. The maximum atomic E-state index is 11.6. The molecule has 1 aromatic rings. The van der Waals surface area contributed by atoms with E-state index in [-0.39, 0.29) is 17.4 Å². The van der Waals surface area contributed by atoms with Gasteiger partial charge >= 0.3 is 0 Å². The molecule has 0 bridgehead atoms. The molecule has 0 aliphatic rings. The fourth-order valence-electron chi connectivity index (χ4n) is 1.28. The minimum atomic E-state index is -0.432. The summed E-state index contributed by atoms with van der Waals surface area (Å²) in [5.74, 6) is -0.316. The molecular formula is C11H15N3O2S. The summed E-state index contributed by atoms with van der Waals surface area (Å²) in [7, 11) is 0. The smallest absolute Gasteiger partial charge is 0.234 e. The number of primary amides is 1. The average Bonchev–Trinajstić information content (AvgIpc) is 2.23. The van der Waals surface area contributed by atoms with Crippen molar-refractivity contribution in [1.29, 1.82) is 0 Å². The average molecular weight is 253 g/mol. The minimum absolute atomic E-state index is 0.136. The standard InChI is InChI=1S/C11H15N3O2S/c1-7-3-2-4-8(12)11(7)14-10(16)6-17-5-9(13)15/h2-4H,5-6,12H2,1H3,(H2,13,15)(H,14,16). The van der Waals surface area contributed by atoms with Crippen LogP contribution in [0.3, 0.4) is 0 Å². The molecule has 1 aromatic carbocycles. The lowest BCUT2D eigenvalue weighted by atomic mass is 10.1. The molecule has 17 heavy (non-hydrogen) atoms. The number of rotatable bonds is 5. The Morgan fingerprint density at radius 2 is 2.06 bits per heavy atom. The second-order valence-electron chi connectivity index (χ2n) is 3.55. The van der Waals surface area contributed by atoms with Gasteiger partial charge in [0.05, 0.1) is 22.9 Å². The molecule has 5 N–H and O–H groups in total. The Hall–Kier alpha value is -1.69. The summed E-state index contributed by atoms with van der Waals surface area (Å²) in [6.07, 6.45) is 0. The maximum absolute atomic E-state index is 11.6. The van der Waals surface area contributed by atoms with Gasteiger partial charge in [-0.15, -0.1) is 11.8 Å². The Labute approximate surface area is 104 Å². The number of nitrogens with one attached hydrogen (secondary N) is 1. The molecular weight excluding hydrogens is 238 g/mol. The Balaban J connectivity index is 2.53. The van der Waals surface area contributed by atoms with Crippen molar-refractivity contribution in [2.45, 2.75) is 6.92 Å². The van der Waals surface area contributed by atoms with E-state index in [1.165, 1.54) is 11.8 Å². The van der Waals surface area contributed by atoms with Crippen LogP contribution in [0.1, 0.15) is 5.56 Å². The predicted molar refractivity (Wildman–Crippen MR) is 70.7 cm³/mol. The van der Waals surface area contributed by atoms with Crippen molar-refractivity contribution in [2.75, 3.05) is 22.6 Å². The van der Waals surface area contributed by atoms with E-state index >= 15 is 0 Å². The van der Waals surface area contributed by atoms with E-state index in [0.29, 0.717) is 11.4 Å². The van der Waals surface area contributed by atoms with Crippen LogP contribution in [0.15, 0.2) is 18.2 Å². The van der Waals surface area contributed by atoms with Gasteiger partial charge in [0.2, 0.25) is 11.8 Å². The molecule has 0 fully saturated rings. The first-order valence-electron chi connectivity index (χ1n) is 5.01. The van der Waals surface area contributed by atoms with Crippen molar-refractivity contribution < 1.29 is 9.59 Å². The normalized spacial score (nSPS) is 9.94. The van der Waals surface area contributed by atoms with Gasteiger partial charge in [0.1, 0.15) is 0 Å². The third-order valence-corrected chi connectivity index (χ3v) is 3.00. The molecule has 0 saturated heterocycles. The first-order valence-corrected chi connectivity index (χ1v) is 6.17. The monoisotopic (exact) mass is 253 g/mol. The molecule has 0 radical (unpaired) electrons. The van der Waals surface area contributed by atoms with E-state index in [2.05, 4.69) is 5.32 Å². The van der Waals surface area contributed by atoms with Crippen LogP contribution in [-0.2, 0) is 9.59 Å². The van der Waals surface area contributed by atoms with Crippen molar-refractivity contribution in [3.63, 3.8) is 0 Å². The molecule has 0 aliphatic carbocycles. The molecule has 6 heteroatoms. The van der Waals surface area contributed by atoms with Crippen molar-refractivity contribution in [3.8, 4) is 0 Å². The lowest BCUT2D eigenvalue weighted by Gasteiger charge is -2.10. The summed E-state index contributed by atoms with van der Waals surface area (Å²) in [6, 6.07) is 5.41. The topological polar surface area (TPSA) is 98.2 Å². The first kappa shape index (κ1) is 13.4. The van der Waals surface area contributed by atoms with Crippen molar-refractivity contribution in [3.05, 3.63) is 23.8 Å². The van der Waals surface area contributed by atoms with E-state index in [1.807, 2.05) is 19.1 Å². The third kappa shape index (κ3) is 4.36. The van der Waals surface area contributed by atoms with Crippen LogP contribution < -0.4 is 16.8 Å². The summed E-state index contributed by atoms with van der Waals surface area (Å²) in [4.78, 5) is 22.1. The van der Waals surface area contributed by atoms with Crippen LogP contribution >= 0.6 is 11.8 Å². The van der Waals surface area contributed by atoms with E-state index in [9.17, 15) is 9.59 Å². The Bertz CT molecular complexity index is 414. The lowest BCUT2D eigenvalue weighted by Crippen LogP contribution is -2.19. The van der Waals surface area contributed by atoms with Crippen LogP contribution in [-0.4, -0.2) is 23.3 Å².